The van der Waals surface area contributed by atoms with E-state index < -0.39 is 0 Å². The monoisotopic (exact) mass is 429 g/mol. The van der Waals surface area contributed by atoms with E-state index in [2.05, 4.69) is 16.3 Å². The molecule has 0 spiro atoms. The van der Waals surface area contributed by atoms with E-state index in [0.717, 1.165) is 77.9 Å². The van der Waals surface area contributed by atoms with Gasteiger partial charge in [0, 0.05) is 31.8 Å². The molecular formula is C24H27N7O. The quantitative estimate of drug-likeness (QED) is 0.528. The topological polar surface area (TPSA) is 80.5 Å². The van der Waals surface area contributed by atoms with E-state index in [9.17, 15) is 0 Å². The minimum atomic E-state index is 0.274. The number of hydrogen-bond acceptors (Lipinski definition) is 7. The first-order valence-corrected chi connectivity index (χ1v) is 11.5. The first-order chi connectivity index (χ1) is 15.7. The van der Waals surface area contributed by atoms with E-state index in [1.54, 1.807) is 0 Å². The van der Waals surface area contributed by atoms with E-state index >= 15 is 0 Å². The number of nitrogens with zero attached hydrogens (tertiary/aromatic N) is 6. The predicted octanol–water partition coefficient (Wildman–Crippen LogP) is 3.84. The minimum absolute atomic E-state index is 0.274. The molecular weight excluding hydrogens is 402 g/mol. The maximum Gasteiger partial charge on any atom is 0.160 e. The summed E-state index contributed by atoms with van der Waals surface area (Å²) in [5.41, 5.74) is 5.03. The molecule has 8 heteroatoms. The van der Waals surface area contributed by atoms with E-state index in [1.165, 1.54) is 12.8 Å². The van der Waals surface area contributed by atoms with Gasteiger partial charge in [0.1, 0.15) is 23.0 Å². The van der Waals surface area contributed by atoms with Crippen LogP contribution in [0.3, 0.4) is 0 Å². The second-order valence-corrected chi connectivity index (χ2v) is 8.70. The van der Waals surface area contributed by atoms with Crippen molar-refractivity contribution in [2.45, 2.75) is 38.6 Å². The van der Waals surface area contributed by atoms with Crippen LogP contribution in [-0.4, -0.2) is 56.9 Å². The maximum atomic E-state index is 5.69. The molecule has 1 atom stereocenters. The number of fused-ring (bicyclic) bond motifs is 2. The van der Waals surface area contributed by atoms with Gasteiger partial charge in [-0.05, 0) is 44.7 Å². The molecule has 0 bridgehead atoms. The molecule has 2 saturated heterocycles. The molecule has 1 aromatic carbocycles. The SMILES string of the molecule is Cc1nc2ccccc2nc1-c1cc2nc(N3CCCC3)cc(N[C@H]3CCCOC3)n2n1. The number of para-hydroxylation sites is 2. The molecule has 1 N–H and O–H groups in total. The number of nitrogens with one attached hydrogen (secondary N) is 1. The van der Waals surface area contributed by atoms with E-state index in [1.807, 2.05) is 41.8 Å². The second-order valence-electron chi connectivity index (χ2n) is 8.70. The fourth-order valence-electron chi connectivity index (χ4n) is 4.68. The molecule has 0 aliphatic carbocycles. The highest BCUT2D eigenvalue weighted by atomic mass is 16.5. The van der Waals surface area contributed by atoms with Crippen molar-refractivity contribution in [3.05, 3.63) is 42.1 Å². The van der Waals surface area contributed by atoms with Crippen LogP contribution in [0.4, 0.5) is 11.6 Å². The smallest absolute Gasteiger partial charge is 0.160 e. The Morgan fingerprint density at radius 3 is 2.59 bits per heavy atom. The molecule has 0 radical (unpaired) electrons. The lowest BCUT2D eigenvalue weighted by atomic mass is 10.1. The van der Waals surface area contributed by atoms with Gasteiger partial charge in [-0.25, -0.2) is 15.0 Å². The first kappa shape index (κ1) is 19.4. The molecule has 6 rings (SSSR count). The Bertz CT molecular complexity index is 1270. The standard InChI is InChI=1S/C24H27N7O/c1-16-24(27-19-9-3-2-8-18(19)25-16)20-13-22-28-21(30-10-4-5-11-30)14-23(31(22)29-20)26-17-7-6-12-32-15-17/h2-3,8-9,13-14,17,26H,4-7,10-12,15H2,1H3/t17-/m0/s1. The van der Waals surface area contributed by atoms with Crippen LogP contribution in [0.5, 0.6) is 0 Å². The molecule has 4 aromatic rings. The zero-order valence-electron chi connectivity index (χ0n) is 18.3. The highest BCUT2D eigenvalue weighted by Crippen LogP contribution is 2.28. The van der Waals surface area contributed by atoms with Crippen LogP contribution in [0.25, 0.3) is 28.1 Å². The second kappa shape index (κ2) is 8.02. The molecule has 2 fully saturated rings. The lowest BCUT2D eigenvalue weighted by Gasteiger charge is -2.25. The Kier molecular flexibility index (Phi) is 4.87. The van der Waals surface area contributed by atoms with Crippen molar-refractivity contribution < 1.29 is 4.74 Å². The van der Waals surface area contributed by atoms with Gasteiger partial charge in [-0.15, -0.1) is 0 Å². The predicted molar refractivity (Wildman–Crippen MR) is 125 cm³/mol. The largest absolute Gasteiger partial charge is 0.379 e. The lowest BCUT2D eigenvalue weighted by Crippen LogP contribution is -2.31. The van der Waals surface area contributed by atoms with Crippen LogP contribution in [0, 0.1) is 6.92 Å². The van der Waals surface area contributed by atoms with Gasteiger partial charge in [-0.3, -0.25) is 0 Å². The number of anilines is 2. The number of rotatable bonds is 4. The van der Waals surface area contributed by atoms with Crippen molar-refractivity contribution in [1.82, 2.24) is 24.6 Å². The maximum absolute atomic E-state index is 5.69. The van der Waals surface area contributed by atoms with Gasteiger partial charge in [0.2, 0.25) is 0 Å². The summed E-state index contributed by atoms with van der Waals surface area (Å²) in [6.45, 7) is 5.64. The van der Waals surface area contributed by atoms with Gasteiger partial charge in [0.25, 0.3) is 0 Å². The summed E-state index contributed by atoms with van der Waals surface area (Å²) in [6.07, 6.45) is 4.58. The Morgan fingerprint density at radius 1 is 1.00 bits per heavy atom. The summed E-state index contributed by atoms with van der Waals surface area (Å²) in [5, 5.41) is 8.58. The Hall–Kier alpha value is -3.26. The number of aromatic nitrogens is 5. The molecule has 5 heterocycles. The summed E-state index contributed by atoms with van der Waals surface area (Å²) < 4.78 is 7.59. The molecule has 2 aliphatic rings. The van der Waals surface area contributed by atoms with E-state index in [-0.39, 0.29) is 6.04 Å². The Balaban J connectivity index is 1.46. The lowest BCUT2D eigenvalue weighted by molar-refractivity contribution is 0.0874. The Morgan fingerprint density at radius 2 is 1.81 bits per heavy atom. The Labute approximate surface area is 186 Å². The van der Waals surface area contributed by atoms with Crippen LogP contribution >= 0.6 is 0 Å². The van der Waals surface area contributed by atoms with Crippen molar-refractivity contribution >= 4 is 28.3 Å². The summed E-state index contributed by atoms with van der Waals surface area (Å²) in [4.78, 5) is 16.9. The van der Waals surface area contributed by atoms with Crippen LogP contribution in [0.15, 0.2) is 36.4 Å². The number of benzene rings is 1. The summed E-state index contributed by atoms with van der Waals surface area (Å²) in [7, 11) is 0. The van der Waals surface area contributed by atoms with Crippen LogP contribution in [0.1, 0.15) is 31.4 Å². The van der Waals surface area contributed by atoms with Crippen molar-refractivity contribution in [2.24, 2.45) is 0 Å². The van der Waals surface area contributed by atoms with Gasteiger partial charge >= 0.3 is 0 Å². The zero-order chi connectivity index (χ0) is 21.5. The minimum Gasteiger partial charge on any atom is -0.379 e. The van der Waals surface area contributed by atoms with E-state index in [4.69, 9.17) is 24.8 Å². The summed E-state index contributed by atoms with van der Waals surface area (Å²) in [6, 6.07) is 12.4. The van der Waals surface area contributed by atoms with Gasteiger partial charge in [0.15, 0.2) is 5.65 Å². The van der Waals surface area contributed by atoms with Crippen molar-refractivity contribution in [3.63, 3.8) is 0 Å². The fraction of sp³-hybridized carbons (Fsp3) is 0.417. The number of aryl methyl sites for hydroxylation is 1. The van der Waals surface area contributed by atoms with Gasteiger partial charge in [-0.2, -0.15) is 9.61 Å². The number of hydrogen-bond donors (Lipinski definition) is 1. The van der Waals surface area contributed by atoms with Gasteiger partial charge in [-0.1, -0.05) is 12.1 Å². The average molecular weight is 430 g/mol. The normalized spacial score (nSPS) is 19.2. The molecule has 164 valence electrons. The fourth-order valence-corrected chi connectivity index (χ4v) is 4.68. The van der Waals surface area contributed by atoms with Crippen molar-refractivity contribution in [2.75, 3.05) is 36.5 Å². The van der Waals surface area contributed by atoms with Crippen LogP contribution < -0.4 is 10.2 Å². The van der Waals surface area contributed by atoms with Crippen LogP contribution in [-0.2, 0) is 4.74 Å². The van der Waals surface area contributed by atoms with E-state index in [0.29, 0.717) is 6.61 Å². The highest BCUT2D eigenvalue weighted by molar-refractivity contribution is 5.78. The number of ether oxygens (including phenoxy) is 1. The van der Waals surface area contributed by atoms with Gasteiger partial charge in [0.05, 0.1) is 29.4 Å². The molecule has 3 aromatic heterocycles. The third-order valence-corrected chi connectivity index (χ3v) is 6.34. The van der Waals surface area contributed by atoms with Crippen molar-refractivity contribution in [3.8, 4) is 11.4 Å². The molecule has 2 aliphatic heterocycles. The third-order valence-electron chi connectivity index (χ3n) is 6.34. The summed E-state index contributed by atoms with van der Waals surface area (Å²) >= 11 is 0. The van der Waals surface area contributed by atoms with Crippen LogP contribution in [0.2, 0.25) is 0 Å². The highest BCUT2D eigenvalue weighted by Gasteiger charge is 2.21. The zero-order valence-corrected chi connectivity index (χ0v) is 18.3. The summed E-state index contributed by atoms with van der Waals surface area (Å²) in [5.74, 6) is 1.95. The molecule has 32 heavy (non-hydrogen) atoms. The van der Waals surface area contributed by atoms with Crippen molar-refractivity contribution in [1.29, 1.82) is 0 Å². The molecule has 0 saturated carbocycles. The molecule has 0 unspecified atom stereocenters. The third kappa shape index (κ3) is 3.54. The molecule has 8 nitrogen and oxygen atoms in total. The first-order valence-electron chi connectivity index (χ1n) is 11.5. The molecule has 0 amide bonds. The van der Waals surface area contributed by atoms with Gasteiger partial charge < -0.3 is 15.0 Å². The average Bonchev–Trinajstić information content (AvgIpc) is 3.49.